The maximum absolute atomic E-state index is 13.1. The van der Waals surface area contributed by atoms with Crippen LogP contribution in [0.1, 0.15) is 11.5 Å². The molecule has 2 amide bonds. The van der Waals surface area contributed by atoms with Crippen LogP contribution in [0, 0.1) is 11.9 Å². The monoisotopic (exact) mass is 405 g/mol. The highest BCUT2D eigenvalue weighted by atomic mass is 19.1. The van der Waals surface area contributed by atoms with Gasteiger partial charge in [0.2, 0.25) is 11.9 Å². The molecule has 2 atom stereocenters. The Morgan fingerprint density at radius 1 is 1.00 bits per heavy atom. The van der Waals surface area contributed by atoms with Crippen LogP contribution >= 0.6 is 0 Å². The van der Waals surface area contributed by atoms with Crippen molar-refractivity contribution in [2.75, 3.05) is 18.4 Å². The summed E-state index contributed by atoms with van der Waals surface area (Å²) in [5.74, 6) is -1.51. The number of rotatable bonds is 4. The van der Waals surface area contributed by atoms with Gasteiger partial charge in [-0.1, -0.05) is 42.5 Å². The summed E-state index contributed by atoms with van der Waals surface area (Å²) in [6.45, 7) is 0.418. The minimum Gasteiger partial charge on any atom is -0.465 e. The van der Waals surface area contributed by atoms with Crippen molar-refractivity contribution in [2.24, 2.45) is 5.92 Å². The predicted molar refractivity (Wildman–Crippen MR) is 111 cm³/mol. The van der Waals surface area contributed by atoms with E-state index in [1.165, 1.54) is 17.2 Å². The Bertz CT molecular complexity index is 1060. The zero-order valence-electron chi connectivity index (χ0n) is 16.0. The molecule has 1 saturated heterocycles. The van der Waals surface area contributed by atoms with Crippen molar-refractivity contribution >= 4 is 17.7 Å². The van der Waals surface area contributed by atoms with E-state index < -0.39 is 18.0 Å². The highest BCUT2D eigenvalue weighted by Gasteiger charge is 2.40. The largest absolute Gasteiger partial charge is 0.465 e. The lowest BCUT2D eigenvalue weighted by Gasteiger charge is -2.18. The van der Waals surface area contributed by atoms with Crippen LogP contribution in [-0.4, -0.2) is 40.1 Å². The van der Waals surface area contributed by atoms with Gasteiger partial charge in [-0.25, -0.2) is 9.78 Å². The van der Waals surface area contributed by atoms with Crippen molar-refractivity contribution in [3.63, 3.8) is 0 Å². The summed E-state index contributed by atoms with van der Waals surface area (Å²) >= 11 is 0. The number of anilines is 1. The first-order valence-corrected chi connectivity index (χ1v) is 9.57. The number of halogens is 1. The van der Waals surface area contributed by atoms with Gasteiger partial charge in [-0.3, -0.25) is 4.79 Å². The fourth-order valence-corrected chi connectivity index (χ4v) is 3.82. The minimum atomic E-state index is -1.03. The Morgan fingerprint density at radius 3 is 2.50 bits per heavy atom. The maximum Gasteiger partial charge on any atom is 0.407 e. The molecule has 152 valence electrons. The molecule has 2 unspecified atom stereocenters. The lowest BCUT2D eigenvalue weighted by Crippen LogP contribution is -2.30. The van der Waals surface area contributed by atoms with Crippen molar-refractivity contribution in [3.8, 4) is 11.1 Å². The molecule has 0 radical (unpaired) electrons. The topological polar surface area (TPSA) is 82.5 Å². The van der Waals surface area contributed by atoms with Crippen LogP contribution in [0.4, 0.5) is 14.9 Å². The first-order chi connectivity index (χ1) is 14.5. The Kier molecular flexibility index (Phi) is 5.43. The average molecular weight is 405 g/mol. The molecule has 1 aliphatic heterocycles. The van der Waals surface area contributed by atoms with Crippen LogP contribution in [0.3, 0.4) is 0 Å². The van der Waals surface area contributed by atoms with Crippen LogP contribution in [0.25, 0.3) is 11.1 Å². The van der Waals surface area contributed by atoms with Gasteiger partial charge in [0.15, 0.2) is 0 Å². The maximum atomic E-state index is 13.1. The highest BCUT2D eigenvalue weighted by Crippen LogP contribution is 2.34. The lowest BCUT2D eigenvalue weighted by atomic mass is 9.88. The van der Waals surface area contributed by atoms with Crippen LogP contribution in [-0.2, 0) is 4.79 Å². The number of carbonyl (C=O) groups excluding carboxylic acids is 1. The number of amides is 2. The molecule has 0 saturated carbocycles. The Balaban J connectivity index is 1.55. The molecule has 0 bridgehead atoms. The quantitative estimate of drug-likeness (QED) is 0.637. The Morgan fingerprint density at radius 2 is 1.80 bits per heavy atom. The van der Waals surface area contributed by atoms with Gasteiger partial charge in [0.25, 0.3) is 0 Å². The van der Waals surface area contributed by atoms with E-state index in [0.29, 0.717) is 5.69 Å². The Hall–Kier alpha value is -3.74. The van der Waals surface area contributed by atoms with Gasteiger partial charge in [0.1, 0.15) is 0 Å². The van der Waals surface area contributed by atoms with Crippen molar-refractivity contribution in [2.45, 2.75) is 5.92 Å². The SMILES string of the molecule is O=C(Nc1cccc(-c2ccc(F)nc2)c1)C1CN(C(=O)O)CC1c1ccccc1. The molecule has 6 nitrogen and oxygen atoms in total. The van der Waals surface area contributed by atoms with Gasteiger partial charge in [-0.2, -0.15) is 4.39 Å². The third-order valence-corrected chi connectivity index (χ3v) is 5.35. The van der Waals surface area contributed by atoms with E-state index in [0.717, 1.165) is 16.7 Å². The average Bonchev–Trinajstić information content (AvgIpc) is 3.21. The van der Waals surface area contributed by atoms with Crippen molar-refractivity contribution in [3.05, 3.63) is 84.4 Å². The van der Waals surface area contributed by atoms with Crippen molar-refractivity contribution in [1.29, 1.82) is 0 Å². The van der Waals surface area contributed by atoms with E-state index in [-0.39, 0.29) is 24.9 Å². The number of carboxylic acid groups (broad SMARTS) is 1. The van der Waals surface area contributed by atoms with Gasteiger partial charge in [0, 0.05) is 36.5 Å². The van der Waals surface area contributed by atoms with Gasteiger partial charge in [0.05, 0.1) is 5.92 Å². The first kappa shape index (κ1) is 19.6. The number of aromatic nitrogens is 1. The molecule has 30 heavy (non-hydrogen) atoms. The van der Waals surface area contributed by atoms with E-state index in [1.54, 1.807) is 24.3 Å². The second-order valence-corrected chi connectivity index (χ2v) is 7.25. The van der Waals surface area contributed by atoms with E-state index in [2.05, 4.69) is 10.3 Å². The van der Waals surface area contributed by atoms with Crippen LogP contribution in [0.2, 0.25) is 0 Å². The van der Waals surface area contributed by atoms with Gasteiger partial charge in [-0.15, -0.1) is 0 Å². The van der Waals surface area contributed by atoms with Crippen molar-refractivity contribution < 1.29 is 19.1 Å². The molecular weight excluding hydrogens is 385 g/mol. The van der Waals surface area contributed by atoms with E-state index >= 15 is 0 Å². The Labute approximate surface area is 173 Å². The van der Waals surface area contributed by atoms with Crippen LogP contribution in [0.5, 0.6) is 0 Å². The zero-order chi connectivity index (χ0) is 21.1. The number of hydrogen-bond donors (Lipinski definition) is 2. The number of carbonyl (C=O) groups is 2. The molecule has 1 aliphatic rings. The molecule has 0 spiro atoms. The molecule has 1 aromatic heterocycles. The summed E-state index contributed by atoms with van der Waals surface area (Å²) < 4.78 is 13.1. The normalized spacial score (nSPS) is 18.2. The summed E-state index contributed by atoms with van der Waals surface area (Å²) in [5, 5.41) is 12.3. The second-order valence-electron chi connectivity index (χ2n) is 7.25. The summed E-state index contributed by atoms with van der Waals surface area (Å²) in [6, 6.07) is 19.6. The molecule has 1 fully saturated rings. The number of nitrogens with zero attached hydrogens (tertiary/aromatic N) is 2. The summed E-state index contributed by atoms with van der Waals surface area (Å²) in [5.41, 5.74) is 3.04. The fourth-order valence-electron chi connectivity index (χ4n) is 3.82. The molecule has 4 rings (SSSR count). The zero-order valence-corrected chi connectivity index (χ0v) is 16.0. The molecular formula is C23H20FN3O3. The van der Waals surface area contributed by atoms with Gasteiger partial charge in [-0.05, 0) is 35.4 Å². The molecule has 2 heterocycles. The van der Waals surface area contributed by atoms with E-state index in [9.17, 15) is 19.1 Å². The first-order valence-electron chi connectivity index (χ1n) is 9.57. The molecule has 7 heteroatoms. The lowest BCUT2D eigenvalue weighted by molar-refractivity contribution is -0.119. The summed E-state index contributed by atoms with van der Waals surface area (Å²) in [7, 11) is 0. The number of pyridine rings is 1. The van der Waals surface area contributed by atoms with Crippen LogP contribution in [0.15, 0.2) is 72.9 Å². The van der Waals surface area contributed by atoms with Gasteiger partial charge < -0.3 is 15.3 Å². The van der Waals surface area contributed by atoms with Gasteiger partial charge >= 0.3 is 6.09 Å². The summed E-state index contributed by atoms with van der Waals surface area (Å²) in [4.78, 5) is 29.5. The number of benzene rings is 2. The van der Waals surface area contributed by atoms with Crippen LogP contribution < -0.4 is 5.32 Å². The molecule has 2 N–H and O–H groups in total. The van der Waals surface area contributed by atoms with Crippen molar-refractivity contribution in [1.82, 2.24) is 9.88 Å². The predicted octanol–water partition coefficient (Wildman–Crippen LogP) is 4.22. The number of nitrogens with one attached hydrogen (secondary N) is 1. The number of hydrogen-bond acceptors (Lipinski definition) is 3. The third-order valence-electron chi connectivity index (χ3n) is 5.35. The smallest absolute Gasteiger partial charge is 0.407 e. The number of likely N-dealkylation sites (tertiary alicyclic amines) is 1. The van der Waals surface area contributed by atoms with E-state index in [1.807, 2.05) is 36.4 Å². The standard InChI is InChI=1S/C23H20FN3O3/c24-21-10-9-17(12-25-21)16-7-4-8-18(11-16)26-22(28)20-14-27(23(29)30)13-19(20)15-5-2-1-3-6-15/h1-12,19-20H,13-14H2,(H,26,28)(H,29,30). The molecule has 3 aromatic rings. The highest BCUT2D eigenvalue weighted by molar-refractivity contribution is 5.94. The minimum absolute atomic E-state index is 0.141. The fraction of sp³-hybridized carbons (Fsp3) is 0.174. The molecule has 0 aliphatic carbocycles. The summed E-state index contributed by atoms with van der Waals surface area (Å²) in [6.07, 6.45) is 0.403. The van der Waals surface area contributed by atoms with E-state index in [4.69, 9.17) is 0 Å². The third kappa shape index (κ3) is 4.15. The molecule has 2 aromatic carbocycles. The second kappa shape index (κ2) is 8.32.